The highest BCUT2D eigenvalue weighted by molar-refractivity contribution is 5.77. The van der Waals surface area contributed by atoms with Crippen LogP contribution in [0.15, 0.2) is 36.7 Å². The average molecular weight is 383 g/mol. The number of carbonyl (C=O) groups is 1. The van der Waals surface area contributed by atoms with Crippen molar-refractivity contribution >= 4 is 5.91 Å². The molecule has 0 radical (unpaired) electrons. The lowest BCUT2D eigenvalue weighted by atomic mass is 9.94. The van der Waals surface area contributed by atoms with Gasteiger partial charge in [0, 0.05) is 51.9 Å². The zero-order valence-corrected chi connectivity index (χ0v) is 16.9. The first-order valence-electron chi connectivity index (χ1n) is 10.2. The molecule has 28 heavy (non-hydrogen) atoms. The van der Waals surface area contributed by atoms with Crippen LogP contribution in [0.3, 0.4) is 0 Å². The monoisotopic (exact) mass is 382 g/mol. The number of ether oxygens (including phenoxy) is 1. The van der Waals surface area contributed by atoms with Gasteiger partial charge in [0.15, 0.2) is 0 Å². The number of benzene rings is 1. The molecular weight excluding hydrogens is 352 g/mol. The first kappa shape index (κ1) is 19.0. The van der Waals surface area contributed by atoms with Crippen LogP contribution in [0.1, 0.15) is 30.4 Å². The minimum Gasteiger partial charge on any atom is -0.497 e. The zero-order valence-electron chi connectivity index (χ0n) is 16.9. The van der Waals surface area contributed by atoms with Gasteiger partial charge in [-0.25, -0.2) is 0 Å². The normalized spacial score (nSPS) is 22.3. The van der Waals surface area contributed by atoms with Gasteiger partial charge in [-0.3, -0.25) is 14.4 Å². The van der Waals surface area contributed by atoms with E-state index in [4.69, 9.17) is 4.74 Å². The number of hydrogen-bond donors (Lipinski definition) is 0. The van der Waals surface area contributed by atoms with E-state index in [1.807, 2.05) is 31.6 Å². The van der Waals surface area contributed by atoms with Crippen molar-refractivity contribution in [2.75, 3.05) is 26.7 Å². The first-order chi connectivity index (χ1) is 13.6. The predicted molar refractivity (Wildman–Crippen MR) is 108 cm³/mol. The van der Waals surface area contributed by atoms with Gasteiger partial charge in [0.25, 0.3) is 0 Å². The molecule has 0 spiro atoms. The lowest BCUT2D eigenvalue weighted by molar-refractivity contribution is -0.135. The highest BCUT2D eigenvalue weighted by atomic mass is 16.5. The highest BCUT2D eigenvalue weighted by Gasteiger charge is 2.36. The van der Waals surface area contributed by atoms with Crippen LogP contribution in [0.4, 0.5) is 0 Å². The van der Waals surface area contributed by atoms with Crippen molar-refractivity contribution < 1.29 is 9.53 Å². The molecule has 150 valence electrons. The molecule has 0 saturated carbocycles. The number of carbonyl (C=O) groups excluding carboxylic acids is 1. The number of fused-ring (bicyclic) bond motifs is 4. The summed E-state index contributed by atoms with van der Waals surface area (Å²) in [6.07, 6.45) is 7.57. The maximum absolute atomic E-state index is 12.9. The third-order valence-electron chi connectivity index (χ3n) is 6.06. The number of rotatable bonds is 6. The van der Waals surface area contributed by atoms with Crippen molar-refractivity contribution in [2.45, 2.75) is 38.3 Å². The van der Waals surface area contributed by atoms with Gasteiger partial charge in [-0.15, -0.1) is 0 Å². The minimum absolute atomic E-state index is 0.296. The molecule has 5 rings (SSSR count). The summed E-state index contributed by atoms with van der Waals surface area (Å²) in [5.41, 5.74) is 2.44. The molecular formula is C22H30N4O2. The maximum Gasteiger partial charge on any atom is 0.223 e. The van der Waals surface area contributed by atoms with Crippen molar-refractivity contribution in [2.24, 2.45) is 13.0 Å². The molecule has 4 heterocycles. The Morgan fingerprint density at radius 2 is 1.96 bits per heavy atom. The molecule has 0 N–H and O–H groups in total. The SMILES string of the molecule is COc1ccc(CN2C[C@@H]3CC[C@H](C2)N(C(=O)CCc2cnn(C)c2)C3)cc1. The van der Waals surface area contributed by atoms with Crippen molar-refractivity contribution in [1.82, 2.24) is 19.6 Å². The van der Waals surface area contributed by atoms with E-state index in [9.17, 15) is 4.79 Å². The highest BCUT2D eigenvalue weighted by Crippen LogP contribution is 2.29. The summed E-state index contributed by atoms with van der Waals surface area (Å²) >= 11 is 0. The van der Waals surface area contributed by atoms with Gasteiger partial charge in [-0.05, 0) is 48.4 Å². The third kappa shape index (κ3) is 4.38. The molecule has 0 unspecified atom stereocenters. The number of aryl methyl sites for hydroxylation is 2. The van der Waals surface area contributed by atoms with Crippen LogP contribution in [0.5, 0.6) is 5.75 Å². The van der Waals surface area contributed by atoms with Crippen LogP contribution in [-0.4, -0.2) is 58.3 Å². The summed E-state index contributed by atoms with van der Waals surface area (Å²) in [5, 5.41) is 4.20. The summed E-state index contributed by atoms with van der Waals surface area (Å²) in [4.78, 5) is 17.6. The van der Waals surface area contributed by atoms with Crippen LogP contribution in [-0.2, 0) is 24.8 Å². The largest absolute Gasteiger partial charge is 0.497 e. The Morgan fingerprint density at radius 1 is 1.14 bits per heavy atom. The molecule has 1 amide bonds. The molecule has 2 bridgehead atoms. The molecule has 3 aliphatic heterocycles. The number of aromatic nitrogens is 2. The fourth-order valence-electron chi connectivity index (χ4n) is 4.60. The van der Waals surface area contributed by atoms with Crippen LogP contribution < -0.4 is 4.74 Å². The quantitative estimate of drug-likeness (QED) is 0.770. The molecule has 6 heteroatoms. The second-order valence-corrected chi connectivity index (χ2v) is 8.21. The van der Waals surface area contributed by atoms with E-state index in [-0.39, 0.29) is 0 Å². The maximum atomic E-state index is 12.9. The Hall–Kier alpha value is -2.34. The number of methoxy groups -OCH3 is 1. The smallest absolute Gasteiger partial charge is 0.223 e. The molecule has 2 atom stereocenters. The van der Waals surface area contributed by atoms with E-state index in [1.165, 1.54) is 12.0 Å². The van der Waals surface area contributed by atoms with Gasteiger partial charge in [-0.1, -0.05) is 12.1 Å². The van der Waals surface area contributed by atoms with Gasteiger partial charge in [0.2, 0.25) is 5.91 Å². The number of piperidine rings is 1. The topological polar surface area (TPSA) is 50.6 Å². The molecule has 3 aliphatic rings. The van der Waals surface area contributed by atoms with Crippen LogP contribution >= 0.6 is 0 Å². The second kappa shape index (κ2) is 8.35. The fraction of sp³-hybridized carbons (Fsp3) is 0.545. The molecule has 0 aliphatic carbocycles. The fourth-order valence-corrected chi connectivity index (χ4v) is 4.60. The van der Waals surface area contributed by atoms with Gasteiger partial charge in [0.05, 0.1) is 13.3 Å². The molecule has 3 saturated heterocycles. The molecule has 6 nitrogen and oxygen atoms in total. The van der Waals surface area contributed by atoms with E-state index in [1.54, 1.807) is 11.8 Å². The Balaban J connectivity index is 1.36. The summed E-state index contributed by atoms with van der Waals surface area (Å²) in [6.45, 7) is 3.90. The Morgan fingerprint density at radius 3 is 2.68 bits per heavy atom. The Bertz CT molecular complexity index is 801. The van der Waals surface area contributed by atoms with E-state index >= 15 is 0 Å². The van der Waals surface area contributed by atoms with Crippen LogP contribution in [0, 0.1) is 5.92 Å². The number of amides is 1. The van der Waals surface area contributed by atoms with Gasteiger partial charge in [0.1, 0.15) is 5.75 Å². The molecule has 2 aromatic rings. The van der Waals surface area contributed by atoms with Gasteiger partial charge < -0.3 is 9.64 Å². The lowest BCUT2D eigenvalue weighted by Gasteiger charge is -2.36. The first-order valence-corrected chi connectivity index (χ1v) is 10.2. The summed E-state index contributed by atoms with van der Waals surface area (Å²) in [5.74, 6) is 1.77. The average Bonchev–Trinajstić information content (AvgIpc) is 2.93. The van der Waals surface area contributed by atoms with Gasteiger partial charge in [-0.2, -0.15) is 5.10 Å². The molecule has 1 aromatic heterocycles. The molecule has 3 fully saturated rings. The van der Waals surface area contributed by atoms with E-state index in [2.05, 4.69) is 27.0 Å². The lowest BCUT2D eigenvalue weighted by Crippen LogP contribution is -2.47. The van der Waals surface area contributed by atoms with Crippen molar-refractivity contribution in [1.29, 1.82) is 0 Å². The molecule has 1 aromatic carbocycles. The standard InChI is InChI=1S/C22H30N4O2/c1-24-12-18(11-23-24)6-10-22(27)26-15-19-3-7-20(26)16-25(14-19)13-17-4-8-21(28-2)9-5-17/h4-5,8-9,11-12,19-20H,3,6-7,10,13-16H2,1-2H3/t19-,20+/m0/s1. The third-order valence-corrected chi connectivity index (χ3v) is 6.06. The van der Waals surface area contributed by atoms with Crippen LogP contribution in [0.2, 0.25) is 0 Å². The van der Waals surface area contributed by atoms with Crippen molar-refractivity contribution in [3.8, 4) is 5.75 Å². The summed E-state index contributed by atoms with van der Waals surface area (Å²) in [6, 6.07) is 8.68. The van der Waals surface area contributed by atoms with Crippen LogP contribution in [0.25, 0.3) is 0 Å². The van der Waals surface area contributed by atoms with Crippen molar-refractivity contribution in [3.63, 3.8) is 0 Å². The second-order valence-electron chi connectivity index (χ2n) is 8.21. The minimum atomic E-state index is 0.296. The zero-order chi connectivity index (χ0) is 19.5. The summed E-state index contributed by atoms with van der Waals surface area (Å²) in [7, 11) is 3.61. The Labute approximate surface area is 167 Å². The van der Waals surface area contributed by atoms with Gasteiger partial charge >= 0.3 is 0 Å². The summed E-state index contributed by atoms with van der Waals surface area (Å²) < 4.78 is 7.05. The Kier molecular flexibility index (Phi) is 5.67. The number of nitrogens with zero attached hydrogens (tertiary/aromatic N) is 4. The number of hydrogen-bond acceptors (Lipinski definition) is 4. The van der Waals surface area contributed by atoms with E-state index in [0.29, 0.717) is 24.3 Å². The van der Waals surface area contributed by atoms with Crippen molar-refractivity contribution in [3.05, 3.63) is 47.8 Å². The predicted octanol–water partition coefficient (Wildman–Crippen LogP) is 2.48. The van der Waals surface area contributed by atoms with E-state index in [0.717, 1.165) is 50.3 Å². The van der Waals surface area contributed by atoms with E-state index < -0.39 is 0 Å².